The fraction of sp³-hybridized carbons (Fsp3) is 0.560. The average Bonchev–Trinajstić information content (AvgIpc) is 3.54. The van der Waals surface area contributed by atoms with E-state index in [2.05, 4.69) is 11.0 Å². The lowest BCUT2D eigenvalue weighted by Gasteiger charge is -2.44. The van der Waals surface area contributed by atoms with E-state index in [1.807, 2.05) is 24.3 Å². The number of benzene rings is 1. The molecular formula is C25H32N4O4S. The Morgan fingerprint density at radius 2 is 1.88 bits per heavy atom. The minimum absolute atomic E-state index is 0.274. The fourth-order valence-corrected chi connectivity index (χ4v) is 7.34. The van der Waals surface area contributed by atoms with Gasteiger partial charge in [-0.1, -0.05) is 25.0 Å². The summed E-state index contributed by atoms with van der Waals surface area (Å²) >= 11 is 0. The van der Waals surface area contributed by atoms with Crippen molar-refractivity contribution in [3.63, 3.8) is 0 Å². The van der Waals surface area contributed by atoms with Crippen LogP contribution in [0, 0.1) is 29.1 Å². The van der Waals surface area contributed by atoms with Gasteiger partial charge in [-0.05, 0) is 37.8 Å². The number of nitrogens with zero attached hydrogens (tertiary/aromatic N) is 3. The maximum absolute atomic E-state index is 13.0. The zero-order valence-corrected chi connectivity index (χ0v) is 20.3. The van der Waals surface area contributed by atoms with E-state index in [9.17, 15) is 19.2 Å². The molecule has 1 aliphatic heterocycles. The SMILES string of the molecule is Cc1nc(-c2ccc(N3CCS(O)(O)CC3)cc2)c(C2CCCCC2(C(N)=O)C2(C#N)CC2)o1. The molecule has 2 saturated carbocycles. The van der Waals surface area contributed by atoms with Crippen molar-refractivity contribution in [2.75, 3.05) is 29.5 Å². The molecule has 2 unspecified atom stereocenters. The third-order valence-corrected chi connectivity index (χ3v) is 9.80. The van der Waals surface area contributed by atoms with E-state index < -0.39 is 27.3 Å². The first-order valence-corrected chi connectivity index (χ1v) is 13.9. The highest BCUT2D eigenvalue weighted by Crippen LogP contribution is 2.68. The molecule has 8 nitrogen and oxygen atoms in total. The largest absolute Gasteiger partial charge is 0.445 e. The Morgan fingerprint density at radius 1 is 1.21 bits per heavy atom. The first kappa shape index (κ1) is 23.2. The van der Waals surface area contributed by atoms with Gasteiger partial charge in [-0.25, -0.2) is 4.98 Å². The van der Waals surface area contributed by atoms with Gasteiger partial charge in [0.1, 0.15) is 11.5 Å². The summed E-state index contributed by atoms with van der Waals surface area (Å²) in [6.07, 6.45) is 4.56. The molecule has 2 aliphatic carbocycles. The number of carbonyl (C=O) groups excluding carboxylic acids is 1. The van der Waals surface area contributed by atoms with E-state index in [0.717, 1.165) is 30.5 Å². The van der Waals surface area contributed by atoms with Crippen LogP contribution in [0.3, 0.4) is 0 Å². The lowest BCUT2D eigenvalue weighted by atomic mass is 9.56. The summed E-state index contributed by atoms with van der Waals surface area (Å²) < 4.78 is 25.9. The van der Waals surface area contributed by atoms with Crippen LogP contribution in [-0.4, -0.2) is 44.6 Å². The average molecular weight is 485 g/mol. The predicted molar refractivity (Wildman–Crippen MR) is 132 cm³/mol. The second-order valence-electron chi connectivity index (χ2n) is 10.0. The Bertz CT molecular complexity index is 1120. The standard InChI is InChI=1S/C25H32N4O4S/c1-17-28-21(18-5-7-19(8-6-18)29-12-14-34(31,32)15-13-29)22(33-17)20-4-2-3-9-25(20,23(27)30)24(16-26)10-11-24/h5-8,20,31-32H,2-4,9-15H2,1H3,(H2,27,30). The number of aryl methyl sites for hydroxylation is 1. The van der Waals surface area contributed by atoms with Crippen LogP contribution in [0.15, 0.2) is 28.7 Å². The minimum Gasteiger partial charge on any atom is -0.445 e. The Hall–Kier alpha value is -2.54. The molecule has 1 saturated heterocycles. The van der Waals surface area contributed by atoms with Crippen molar-refractivity contribution < 1.29 is 18.3 Å². The van der Waals surface area contributed by atoms with E-state index in [0.29, 0.717) is 61.2 Å². The number of rotatable bonds is 5. The quantitative estimate of drug-likeness (QED) is 0.561. The normalized spacial score (nSPS) is 28.6. The Balaban J connectivity index is 1.49. The van der Waals surface area contributed by atoms with E-state index in [1.165, 1.54) is 0 Å². The number of oxazole rings is 1. The van der Waals surface area contributed by atoms with Gasteiger partial charge < -0.3 is 15.1 Å². The summed E-state index contributed by atoms with van der Waals surface area (Å²) in [6.45, 7) is 3.02. The van der Waals surface area contributed by atoms with Crippen molar-refractivity contribution in [1.82, 2.24) is 4.98 Å². The van der Waals surface area contributed by atoms with Crippen molar-refractivity contribution in [3.8, 4) is 17.3 Å². The molecule has 9 heteroatoms. The Kier molecular flexibility index (Phi) is 5.66. The van der Waals surface area contributed by atoms with Crippen molar-refractivity contribution >= 4 is 22.2 Å². The van der Waals surface area contributed by atoms with E-state index >= 15 is 0 Å². The van der Waals surface area contributed by atoms with Crippen LogP contribution in [-0.2, 0) is 4.79 Å². The summed E-state index contributed by atoms with van der Waals surface area (Å²) in [5, 5.41) is 10.0. The van der Waals surface area contributed by atoms with Crippen LogP contribution < -0.4 is 10.6 Å². The van der Waals surface area contributed by atoms with Crippen molar-refractivity contribution in [3.05, 3.63) is 35.9 Å². The van der Waals surface area contributed by atoms with Crippen molar-refractivity contribution in [1.29, 1.82) is 5.26 Å². The molecular weight excluding hydrogens is 452 g/mol. The van der Waals surface area contributed by atoms with Gasteiger partial charge in [0.15, 0.2) is 5.89 Å². The van der Waals surface area contributed by atoms with Gasteiger partial charge in [-0.15, -0.1) is 0 Å². The maximum Gasteiger partial charge on any atom is 0.226 e. The number of carbonyl (C=O) groups is 1. The molecule has 3 aliphatic rings. The zero-order chi connectivity index (χ0) is 24.1. The number of nitrogens with two attached hydrogens (primary N) is 1. The molecule has 1 aromatic heterocycles. The Labute approximate surface area is 201 Å². The first-order chi connectivity index (χ1) is 16.2. The summed E-state index contributed by atoms with van der Waals surface area (Å²) in [4.78, 5) is 19.8. The maximum atomic E-state index is 13.0. The van der Waals surface area contributed by atoms with E-state index in [4.69, 9.17) is 15.1 Å². The molecule has 3 fully saturated rings. The van der Waals surface area contributed by atoms with Gasteiger partial charge in [-0.2, -0.15) is 15.9 Å². The molecule has 1 aromatic carbocycles. The molecule has 182 valence electrons. The van der Waals surface area contributed by atoms with Crippen LogP contribution >= 0.6 is 10.6 Å². The molecule has 4 N–H and O–H groups in total. The number of nitriles is 1. The monoisotopic (exact) mass is 484 g/mol. The molecule has 2 aromatic rings. The fourth-order valence-electron chi connectivity index (χ4n) is 6.11. The molecule has 2 atom stereocenters. The topological polar surface area (TPSA) is 137 Å². The van der Waals surface area contributed by atoms with Crippen molar-refractivity contribution in [2.24, 2.45) is 16.6 Å². The van der Waals surface area contributed by atoms with Crippen molar-refractivity contribution in [2.45, 2.75) is 51.4 Å². The smallest absolute Gasteiger partial charge is 0.226 e. The van der Waals surface area contributed by atoms with Crippen LogP contribution in [0.2, 0.25) is 0 Å². The molecule has 0 radical (unpaired) electrons. The molecule has 34 heavy (non-hydrogen) atoms. The molecule has 0 spiro atoms. The zero-order valence-electron chi connectivity index (χ0n) is 19.5. The van der Waals surface area contributed by atoms with Gasteiger partial charge in [0.05, 0.1) is 28.4 Å². The number of hydrogen-bond donors (Lipinski definition) is 3. The van der Waals surface area contributed by atoms with E-state index in [-0.39, 0.29) is 5.92 Å². The molecule has 2 heterocycles. The van der Waals surface area contributed by atoms with Gasteiger partial charge in [-0.3, -0.25) is 13.9 Å². The van der Waals surface area contributed by atoms with Gasteiger partial charge in [0, 0.05) is 37.2 Å². The summed E-state index contributed by atoms with van der Waals surface area (Å²) in [5.41, 5.74) is 7.03. The highest BCUT2D eigenvalue weighted by atomic mass is 32.3. The lowest BCUT2D eigenvalue weighted by molar-refractivity contribution is -0.135. The lowest BCUT2D eigenvalue weighted by Crippen LogP contribution is -2.50. The second-order valence-corrected chi connectivity index (χ2v) is 12.4. The van der Waals surface area contributed by atoms with Crippen LogP contribution in [0.5, 0.6) is 0 Å². The number of primary amides is 1. The highest BCUT2D eigenvalue weighted by molar-refractivity contribution is 8.24. The van der Waals surface area contributed by atoms with Gasteiger partial charge in [0.2, 0.25) is 5.91 Å². The number of hydrogen-bond acceptors (Lipinski definition) is 7. The van der Waals surface area contributed by atoms with Crippen LogP contribution in [0.25, 0.3) is 11.3 Å². The summed E-state index contributed by atoms with van der Waals surface area (Å²) in [5.74, 6) is 1.29. The first-order valence-electron chi connectivity index (χ1n) is 12.0. The van der Waals surface area contributed by atoms with E-state index in [1.54, 1.807) is 6.92 Å². The number of amides is 1. The number of anilines is 1. The third-order valence-electron chi connectivity index (χ3n) is 8.13. The number of aromatic nitrogens is 1. The second kappa shape index (κ2) is 8.29. The van der Waals surface area contributed by atoms with Crippen LogP contribution in [0.4, 0.5) is 5.69 Å². The van der Waals surface area contributed by atoms with Gasteiger partial charge in [0.25, 0.3) is 0 Å². The molecule has 0 bridgehead atoms. The van der Waals surface area contributed by atoms with Crippen LogP contribution in [0.1, 0.15) is 56.1 Å². The minimum atomic E-state index is -2.44. The highest BCUT2D eigenvalue weighted by Gasteiger charge is 2.67. The predicted octanol–water partition coefficient (Wildman–Crippen LogP) is 4.65. The third kappa shape index (κ3) is 3.69. The van der Waals surface area contributed by atoms with Gasteiger partial charge >= 0.3 is 0 Å². The molecule has 5 rings (SSSR count). The summed E-state index contributed by atoms with van der Waals surface area (Å²) in [7, 11) is -2.44. The molecule has 1 amide bonds. The summed E-state index contributed by atoms with van der Waals surface area (Å²) in [6, 6.07) is 10.5. The Morgan fingerprint density at radius 3 is 2.47 bits per heavy atom.